The summed E-state index contributed by atoms with van der Waals surface area (Å²) in [5.41, 5.74) is 1.96. The van der Waals surface area contributed by atoms with Crippen molar-refractivity contribution in [3.05, 3.63) is 44.9 Å². The SMILES string of the molecule is CCc1n[nH]c(=S)n1/N=C(\C)c1ccc(Br)cc1. The molecule has 0 amide bonds. The molecule has 4 nitrogen and oxygen atoms in total. The summed E-state index contributed by atoms with van der Waals surface area (Å²) in [6, 6.07) is 8.00. The molecule has 0 bridgehead atoms. The zero-order valence-corrected chi connectivity index (χ0v) is 12.5. The molecule has 2 aromatic rings. The minimum absolute atomic E-state index is 0.517. The van der Waals surface area contributed by atoms with E-state index in [0.29, 0.717) is 4.77 Å². The highest BCUT2D eigenvalue weighted by Crippen LogP contribution is 2.11. The van der Waals surface area contributed by atoms with Crippen molar-refractivity contribution in [1.29, 1.82) is 0 Å². The Kier molecular flexibility index (Phi) is 4.08. The fraction of sp³-hybridized carbons (Fsp3) is 0.250. The van der Waals surface area contributed by atoms with Gasteiger partial charge in [-0.25, -0.2) is 0 Å². The zero-order chi connectivity index (χ0) is 13.1. The van der Waals surface area contributed by atoms with Crippen LogP contribution < -0.4 is 0 Å². The minimum atomic E-state index is 0.517. The maximum Gasteiger partial charge on any atom is 0.216 e. The van der Waals surface area contributed by atoms with Gasteiger partial charge in [-0.1, -0.05) is 35.0 Å². The van der Waals surface area contributed by atoms with Crippen LogP contribution >= 0.6 is 28.1 Å². The van der Waals surface area contributed by atoms with Crippen molar-refractivity contribution in [2.24, 2.45) is 5.10 Å². The number of rotatable bonds is 3. The Morgan fingerprint density at radius 1 is 1.44 bits per heavy atom. The monoisotopic (exact) mass is 324 g/mol. The van der Waals surface area contributed by atoms with Gasteiger partial charge in [0.25, 0.3) is 0 Å². The second kappa shape index (κ2) is 5.58. The lowest BCUT2D eigenvalue weighted by molar-refractivity contribution is 0.776. The van der Waals surface area contributed by atoms with Gasteiger partial charge in [-0.2, -0.15) is 14.9 Å². The third-order valence-electron chi connectivity index (χ3n) is 2.55. The molecule has 1 aromatic carbocycles. The van der Waals surface area contributed by atoms with Crippen molar-refractivity contribution in [1.82, 2.24) is 14.9 Å². The molecule has 1 aromatic heterocycles. The van der Waals surface area contributed by atoms with Crippen LogP contribution in [0.3, 0.4) is 0 Å². The molecule has 0 aliphatic heterocycles. The predicted molar refractivity (Wildman–Crippen MR) is 78.5 cm³/mol. The first-order chi connectivity index (χ1) is 8.61. The normalized spacial score (nSPS) is 11.8. The average molecular weight is 325 g/mol. The second-order valence-corrected chi connectivity index (χ2v) is 5.11. The molecule has 6 heteroatoms. The summed E-state index contributed by atoms with van der Waals surface area (Å²) in [6.45, 7) is 3.98. The Bertz CT molecular complexity index is 624. The number of halogens is 1. The minimum Gasteiger partial charge on any atom is -0.250 e. The second-order valence-electron chi connectivity index (χ2n) is 3.80. The number of aromatic amines is 1. The molecular formula is C12H13BrN4S. The summed E-state index contributed by atoms with van der Waals surface area (Å²) in [7, 11) is 0. The van der Waals surface area contributed by atoms with Gasteiger partial charge in [0.15, 0.2) is 5.82 Å². The molecule has 0 atom stereocenters. The van der Waals surface area contributed by atoms with Crippen molar-refractivity contribution < 1.29 is 0 Å². The van der Waals surface area contributed by atoms with Crippen molar-refractivity contribution >= 4 is 33.9 Å². The average Bonchev–Trinajstić information content (AvgIpc) is 2.71. The van der Waals surface area contributed by atoms with Crippen molar-refractivity contribution in [2.45, 2.75) is 20.3 Å². The highest BCUT2D eigenvalue weighted by molar-refractivity contribution is 9.10. The number of benzene rings is 1. The van der Waals surface area contributed by atoms with Crippen LogP contribution in [0.5, 0.6) is 0 Å². The molecule has 1 heterocycles. The van der Waals surface area contributed by atoms with Gasteiger partial charge in [-0.05, 0) is 36.8 Å². The molecule has 0 unspecified atom stereocenters. The van der Waals surface area contributed by atoms with Gasteiger partial charge in [0.2, 0.25) is 4.77 Å². The van der Waals surface area contributed by atoms with Crippen LogP contribution in [-0.2, 0) is 6.42 Å². The lowest BCUT2D eigenvalue weighted by Crippen LogP contribution is -2.03. The van der Waals surface area contributed by atoms with Gasteiger partial charge < -0.3 is 0 Å². The van der Waals surface area contributed by atoms with Crippen molar-refractivity contribution in [3.63, 3.8) is 0 Å². The van der Waals surface area contributed by atoms with Gasteiger partial charge >= 0.3 is 0 Å². The zero-order valence-electron chi connectivity index (χ0n) is 10.1. The smallest absolute Gasteiger partial charge is 0.216 e. The molecule has 0 fully saturated rings. The van der Waals surface area contributed by atoms with E-state index >= 15 is 0 Å². The molecule has 2 rings (SSSR count). The Morgan fingerprint density at radius 3 is 2.72 bits per heavy atom. The quantitative estimate of drug-likeness (QED) is 0.693. The largest absolute Gasteiger partial charge is 0.250 e. The molecule has 0 saturated carbocycles. The van der Waals surface area contributed by atoms with E-state index in [9.17, 15) is 0 Å². The van der Waals surface area contributed by atoms with Crippen molar-refractivity contribution in [3.8, 4) is 0 Å². The first-order valence-corrected chi connectivity index (χ1v) is 6.79. The predicted octanol–water partition coefficient (Wildman–Crippen LogP) is 3.54. The third kappa shape index (κ3) is 2.76. The summed E-state index contributed by atoms with van der Waals surface area (Å²) < 4.78 is 3.24. The number of nitrogens with zero attached hydrogens (tertiary/aromatic N) is 3. The summed E-state index contributed by atoms with van der Waals surface area (Å²) in [5, 5.41) is 11.4. The van der Waals surface area contributed by atoms with E-state index in [1.54, 1.807) is 4.68 Å². The Morgan fingerprint density at radius 2 is 2.11 bits per heavy atom. The first kappa shape index (κ1) is 13.2. The lowest BCUT2D eigenvalue weighted by Gasteiger charge is -2.03. The molecule has 18 heavy (non-hydrogen) atoms. The van der Waals surface area contributed by atoms with Gasteiger partial charge in [-0.15, -0.1) is 0 Å². The Labute approximate surface area is 119 Å². The van der Waals surface area contributed by atoms with Crippen LogP contribution in [-0.4, -0.2) is 20.6 Å². The maximum absolute atomic E-state index is 5.16. The molecule has 1 N–H and O–H groups in total. The van der Waals surface area contributed by atoms with Crippen LogP contribution in [0.2, 0.25) is 0 Å². The van der Waals surface area contributed by atoms with Crippen LogP contribution in [0.15, 0.2) is 33.8 Å². The van der Waals surface area contributed by atoms with Crippen LogP contribution in [0.4, 0.5) is 0 Å². The van der Waals surface area contributed by atoms with Crippen LogP contribution in [0.25, 0.3) is 0 Å². The standard InChI is InChI=1S/C12H13BrN4S/c1-3-11-14-15-12(18)17(11)16-8(2)9-4-6-10(13)7-5-9/h4-7H,3H2,1-2H3,(H,15,18)/b16-8+. The Hall–Kier alpha value is -1.27. The number of hydrogen-bond donors (Lipinski definition) is 1. The topological polar surface area (TPSA) is 46.0 Å². The fourth-order valence-electron chi connectivity index (χ4n) is 1.56. The number of aryl methyl sites for hydroxylation is 1. The van der Waals surface area contributed by atoms with E-state index in [1.807, 2.05) is 38.1 Å². The summed E-state index contributed by atoms with van der Waals surface area (Å²) in [6.07, 6.45) is 0.782. The fourth-order valence-corrected chi connectivity index (χ4v) is 2.01. The summed E-state index contributed by atoms with van der Waals surface area (Å²) >= 11 is 8.57. The summed E-state index contributed by atoms with van der Waals surface area (Å²) in [4.78, 5) is 0. The molecule has 0 spiro atoms. The number of H-pyrrole nitrogens is 1. The maximum atomic E-state index is 5.16. The van der Waals surface area contributed by atoms with Gasteiger partial charge in [0, 0.05) is 10.9 Å². The molecule has 0 saturated heterocycles. The molecule has 0 aliphatic carbocycles. The van der Waals surface area contributed by atoms with E-state index in [1.165, 1.54) is 0 Å². The highest BCUT2D eigenvalue weighted by atomic mass is 79.9. The molecular weight excluding hydrogens is 312 g/mol. The van der Waals surface area contributed by atoms with E-state index < -0.39 is 0 Å². The molecule has 0 aliphatic rings. The molecule has 94 valence electrons. The number of aromatic nitrogens is 3. The van der Waals surface area contributed by atoms with E-state index in [2.05, 4.69) is 31.2 Å². The Balaban J connectivity index is 2.41. The van der Waals surface area contributed by atoms with Gasteiger partial charge in [0.1, 0.15) is 0 Å². The molecule has 0 radical (unpaired) electrons. The third-order valence-corrected chi connectivity index (χ3v) is 3.34. The van der Waals surface area contributed by atoms with Crippen LogP contribution in [0, 0.1) is 4.77 Å². The highest BCUT2D eigenvalue weighted by Gasteiger charge is 2.04. The lowest BCUT2D eigenvalue weighted by atomic mass is 10.1. The van der Waals surface area contributed by atoms with Crippen molar-refractivity contribution in [2.75, 3.05) is 0 Å². The van der Waals surface area contributed by atoms with E-state index in [0.717, 1.165) is 28.0 Å². The summed E-state index contributed by atoms with van der Waals surface area (Å²) in [5.74, 6) is 0.830. The van der Waals surface area contributed by atoms with E-state index in [4.69, 9.17) is 12.2 Å². The first-order valence-electron chi connectivity index (χ1n) is 5.59. The van der Waals surface area contributed by atoms with E-state index in [-0.39, 0.29) is 0 Å². The van der Waals surface area contributed by atoms with Gasteiger partial charge in [0.05, 0.1) is 5.71 Å². The number of nitrogens with one attached hydrogen (secondary N) is 1. The van der Waals surface area contributed by atoms with Gasteiger partial charge in [-0.3, -0.25) is 5.10 Å². The van der Waals surface area contributed by atoms with Crippen LogP contribution in [0.1, 0.15) is 25.2 Å². The number of hydrogen-bond acceptors (Lipinski definition) is 3.